The quantitative estimate of drug-likeness (QED) is 0.704. The van der Waals surface area contributed by atoms with E-state index in [-0.39, 0.29) is 5.92 Å². The SMILES string of the molecule is CCC1CCC(C(=O)c2ccc(C)c(C)c2)CC1. The minimum absolute atomic E-state index is 0.273. The minimum Gasteiger partial charge on any atom is -0.294 e. The number of benzene rings is 1. The van der Waals surface area contributed by atoms with E-state index in [0.29, 0.717) is 5.78 Å². The van der Waals surface area contributed by atoms with E-state index < -0.39 is 0 Å². The molecule has 1 nitrogen and oxygen atoms in total. The second-order valence-electron chi connectivity index (χ2n) is 5.79. The zero-order chi connectivity index (χ0) is 13.1. The van der Waals surface area contributed by atoms with E-state index in [0.717, 1.165) is 24.3 Å². The van der Waals surface area contributed by atoms with Crippen molar-refractivity contribution in [3.8, 4) is 0 Å². The van der Waals surface area contributed by atoms with E-state index in [1.807, 2.05) is 6.07 Å². The van der Waals surface area contributed by atoms with E-state index in [4.69, 9.17) is 0 Å². The van der Waals surface area contributed by atoms with Crippen LogP contribution < -0.4 is 0 Å². The molecule has 1 aromatic rings. The summed E-state index contributed by atoms with van der Waals surface area (Å²) in [4.78, 5) is 12.5. The Morgan fingerprint density at radius 1 is 1.11 bits per heavy atom. The van der Waals surface area contributed by atoms with Gasteiger partial charge < -0.3 is 0 Å². The molecular weight excluding hydrogens is 220 g/mol. The van der Waals surface area contributed by atoms with Crippen LogP contribution in [0.1, 0.15) is 60.5 Å². The first-order valence-corrected chi connectivity index (χ1v) is 7.23. The van der Waals surface area contributed by atoms with Crippen molar-refractivity contribution in [1.29, 1.82) is 0 Å². The highest BCUT2D eigenvalue weighted by atomic mass is 16.1. The van der Waals surface area contributed by atoms with Gasteiger partial charge in [0.05, 0.1) is 0 Å². The molecule has 0 N–H and O–H groups in total. The molecule has 1 aliphatic rings. The maximum Gasteiger partial charge on any atom is 0.165 e. The molecule has 0 amide bonds. The number of rotatable bonds is 3. The van der Waals surface area contributed by atoms with Crippen LogP contribution in [-0.4, -0.2) is 5.78 Å². The van der Waals surface area contributed by atoms with Crippen LogP contribution in [0.25, 0.3) is 0 Å². The van der Waals surface area contributed by atoms with Gasteiger partial charge in [-0.15, -0.1) is 0 Å². The maximum absolute atomic E-state index is 12.5. The Morgan fingerprint density at radius 2 is 1.78 bits per heavy atom. The molecule has 1 saturated carbocycles. The second-order valence-corrected chi connectivity index (χ2v) is 5.79. The summed E-state index contributed by atoms with van der Waals surface area (Å²) in [5.41, 5.74) is 3.40. The van der Waals surface area contributed by atoms with Gasteiger partial charge in [0.1, 0.15) is 0 Å². The average molecular weight is 244 g/mol. The Kier molecular flexibility index (Phi) is 4.21. The van der Waals surface area contributed by atoms with Gasteiger partial charge in [-0.3, -0.25) is 4.79 Å². The normalized spacial score (nSPS) is 23.9. The Balaban J connectivity index is 2.05. The number of carbonyl (C=O) groups excluding carboxylic acids is 1. The van der Waals surface area contributed by atoms with Crippen molar-refractivity contribution in [3.05, 3.63) is 34.9 Å². The summed E-state index contributed by atoms with van der Waals surface area (Å²) in [6.07, 6.45) is 5.91. The smallest absolute Gasteiger partial charge is 0.165 e. The van der Waals surface area contributed by atoms with Crippen LogP contribution in [0.15, 0.2) is 18.2 Å². The number of aryl methyl sites for hydroxylation is 2. The number of hydrogen-bond donors (Lipinski definition) is 0. The number of hydrogen-bond acceptors (Lipinski definition) is 1. The molecule has 0 aromatic heterocycles. The molecule has 0 heterocycles. The first-order valence-electron chi connectivity index (χ1n) is 7.23. The van der Waals surface area contributed by atoms with Crippen LogP contribution in [0.5, 0.6) is 0 Å². The molecule has 1 aromatic carbocycles. The van der Waals surface area contributed by atoms with Crippen molar-refractivity contribution in [2.75, 3.05) is 0 Å². The van der Waals surface area contributed by atoms with Crippen molar-refractivity contribution in [1.82, 2.24) is 0 Å². The van der Waals surface area contributed by atoms with Crippen LogP contribution in [-0.2, 0) is 0 Å². The van der Waals surface area contributed by atoms with Gasteiger partial charge in [-0.2, -0.15) is 0 Å². The van der Waals surface area contributed by atoms with Crippen molar-refractivity contribution in [2.45, 2.75) is 52.9 Å². The van der Waals surface area contributed by atoms with E-state index in [1.165, 1.54) is 30.4 Å². The van der Waals surface area contributed by atoms with Crippen molar-refractivity contribution >= 4 is 5.78 Å². The largest absolute Gasteiger partial charge is 0.294 e. The predicted molar refractivity (Wildman–Crippen MR) is 76.0 cm³/mol. The number of Topliss-reactive ketones (excluding diaryl/α,β-unsaturated/α-hetero) is 1. The van der Waals surface area contributed by atoms with Gasteiger partial charge >= 0.3 is 0 Å². The molecule has 1 fully saturated rings. The summed E-state index contributed by atoms with van der Waals surface area (Å²) >= 11 is 0. The third kappa shape index (κ3) is 2.82. The average Bonchev–Trinajstić information content (AvgIpc) is 2.41. The lowest BCUT2D eigenvalue weighted by atomic mass is 9.77. The van der Waals surface area contributed by atoms with Gasteiger partial charge in [-0.1, -0.05) is 25.5 Å². The Morgan fingerprint density at radius 3 is 2.33 bits per heavy atom. The predicted octanol–water partition coefficient (Wildman–Crippen LogP) is 4.70. The molecule has 0 radical (unpaired) electrons. The van der Waals surface area contributed by atoms with Crippen molar-refractivity contribution < 1.29 is 4.79 Å². The maximum atomic E-state index is 12.5. The summed E-state index contributed by atoms with van der Waals surface area (Å²) < 4.78 is 0. The minimum atomic E-state index is 0.273. The van der Waals surface area contributed by atoms with Crippen molar-refractivity contribution in [3.63, 3.8) is 0 Å². The van der Waals surface area contributed by atoms with E-state index in [2.05, 4.69) is 32.9 Å². The molecule has 0 atom stereocenters. The molecule has 1 heteroatoms. The van der Waals surface area contributed by atoms with Gasteiger partial charge in [0.2, 0.25) is 0 Å². The number of carbonyl (C=O) groups is 1. The molecule has 2 rings (SSSR count). The highest BCUT2D eigenvalue weighted by molar-refractivity contribution is 5.98. The Labute approximate surface area is 111 Å². The Hall–Kier alpha value is -1.11. The highest BCUT2D eigenvalue weighted by Crippen LogP contribution is 2.32. The standard InChI is InChI=1S/C17H24O/c1-4-14-6-9-15(10-7-14)17(18)16-8-5-12(2)13(3)11-16/h5,8,11,14-15H,4,6-7,9-10H2,1-3H3. The van der Waals surface area contributed by atoms with Gasteiger partial charge in [0, 0.05) is 11.5 Å². The van der Waals surface area contributed by atoms with E-state index in [9.17, 15) is 4.79 Å². The lowest BCUT2D eigenvalue weighted by Gasteiger charge is -2.26. The van der Waals surface area contributed by atoms with E-state index >= 15 is 0 Å². The van der Waals surface area contributed by atoms with Gasteiger partial charge in [-0.25, -0.2) is 0 Å². The van der Waals surface area contributed by atoms with E-state index in [1.54, 1.807) is 0 Å². The third-order valence-corrected chi connectivity index (χ3v) is 4.59. The lowest BCUT2D eigenvalue weighted by molar-refractivity contribution is 0.0871. The zero-order valence-electron chi connectivity index (χ0n) is 11.8. The van der Waals surface area contributed by atoms with Crippen LogP contribution in [0.3, 0.4) is 0 Å². The third-order valence-electron chi connectivity index (χ3n) is 4.59. The molecule has 18 heavy (non-hydrogen) atoms. The fourth-order valence-corrected chi connectivity index (χ4v) is 2.96. The van der Waals surface area contributed by atoms with Crippen molar-refractivity contribution in [2.24, 2.45) is 11.8 Å². The highest BCUT2D eigenvalue weighted by Gasteiger charge is 2.26. The molecule has 0 aliphatic heterocycles. The summed E-state index contributed by atoms with van der Waals surface area (Å²) in [6, 6.07) is 6.13. The lowest BCUT2D eigenvalue weighted by Crippen LogP contribution is -2.21. The first-order chi connectivity index (χ1) is 8.61. The van der Waals surface area contributed by atoms with Crippen LogP contribution in [0.4, 0.5) is 0 Å². The summed E-state index contributed by atoms with van der Waals surface area (Å²) in [7, 11) is 0. The Bertz CT molecular complexity index is 425. The second kappa shape index (κ2) is 5.69. The fourth-order valence-electron chi connectivity index (χ4n) is 2.96. The fraction of sp³-hybridized carbons (Fsp3) is 0.588. The topological polar surface area (TPSA) is 17.1 Å². The summed E-state index contributed by atoms with van der Waals surface area (Å²) in [6.45, 7) is 6.44. The van der Waals surface area contributed by atoms with Gasteiger partial charge in [0.25, 0.3) is 0 Å². The van der Waals surface area contributed by atoms with Crippen LogP contribution in [0, 0.1) is 25.7 Å². The monoisotopic (exact) mass is 244 g/mol. The zero-order valence-corrected chi connectivity index (χ0v) is 11.8. The summed E-state index contributed by atoms with van der Waals surface area (Å²) in [5.74, 6) is 1.50. The molecule has 0 spiro atoms. The first kappa shape index (κ1) is 13.3. The number of ketones is 1. The molecule has 98 valence electrons. The van der Waals surface area contributed by atoms with Crippen LogP contribution in [0.2, 0.25) is 0 Å². The molecule has 1 aliphatic carbocycles. The molecular formula is C17H24O. The summed E-state index contributed by atoms with van der Waals surface area (Å²) in [5, 5.41) is 0. The molecule has 0 saturated heterocycles. The molecule has 0 bridgehead atoms. The van der Waals surface area contributed by atoms with Crippen LogP contribution >= 0.6 is 0 Å². The van der Waals surface area contributed by atoms with Gasteiger partial charge in [0.15, 0.2) is 5.78 Å². The molecule has 0 unspecified atom stereocenters. The van der Waals surface area contributed by atoms with Gasteiger partial charge in [-0.05, 0) is 62.6 Å².